The molecule has 0 radical (unpaired) electrons. The van der Waals surface area contributed by atoms with Crippen LogP contribution in [0.2, 0.25) is 0 Å². The molecule has 0 aliphatic carbocycles. The normalized spacial score (nSPS) is 8.62. The average molecular weight is 282 g/mol. The van der Waals surface area contributed by atoms with Gasteiger partial charge in [0.2, 0.25) is 0 Å². The number of aromatic carboxylic acids is 2. The van der Waals surface area contributed by atoms with Crippen LogP contribution in [0.1, 0.15) is 20.7 Å². The molecule has 0 saturated carbocycles. The molecule has 102 valence electrons. The second kappa shape index (κ2) is 6.37. The monoisotopic (exact) mass is 282 g/mol. The zero-order chi connectivity index (χ0) is 16.0. The predicted molar refractivity (Wildman–Crippen MR) is 67.8 cm³/mol. The van der Waals surface area contributed by atoms with E-state index in [4.69, 9.17) is 26.0 Å². The van der Waals surface area contributed by atoms with E-state index in [0.29, 0.717) is 0 Å². The summed E-state index contributed by atoms with van der Waals surface area (Å²) in [6, 6.07) is 7.68. The Labute approximate surface area is 118 Å². The number of benzene rings is 1. The molecule has 0 bridgehead atoms. The van der Waals surface area contributed by atoms with Crippen molar-refractivity contribution in [3.63, 3.8) is 0 Å². The number of nitriles is 3. The second-order valence-corrected chi connectivity index (χ2v) is 3.62. The summed E-state index contributed by atoms with van der Waals surface area (Å²) >= 11 is 0. The third-order valence-corrected chi connectivity index (χ3v) is 2.28. The van der Waals surface area contributed by atoms with E-state index >= 15 is 0 Å². The Morgan fingerprint density at radius 1 is 0.905 bits per heavy atom. The molecule has 8 nitrogen and oxygen atoms in total. The van der Waals surface area contributed by atoms with Gasteiger partial charge in [0.05, 0.1) is 11.1 Å². The Hall–Kier alpha value is -3.83. The van der Waals surface area contributed by atoms with Crippen molar-refractivity contribution in [3.05, 3.63) is 40.6 Å². The molecule has 0 aromatic heterocycles. The van der Waals surface area contributed by atoms with Crippen LogP contribution < -0.4 is 5.32 Å². The molecule has 8 heteroatoms. The molecule has 0 unspecified atom stereocenters. The number of hydrogen-bond acceptors (Lipinski definition) is 6. The van der Waals surface area contributed by atoms with E-state index in [-0.39, 0.29) is 16.8 Å². The van der Waals surface area contributed by atoms with Crippen LogP contribution in [0.5, 0.6) is 0 Å². The van der Waals surface area contributed by atoms with Gasteiger partial charge in [-0.25, -0.2) is 9.59 Å². The van der Waals surface area contributed by atoms with Gasteiger partial charge >= 0.3 is 11.9 Å². The molecule has 1 aromatic rings. The van der Waals surface area contributed by atoms with Crippen molar-refractivity contribution in [1.82, 2.24) is 0 Å². The highest BCUT2D eigenvalue weighted by atomic mass is 16.4. The fourth-order valence-corrected chi connectivity index (χ4v) is 1.37. The Kier molecular flexibility index (Phi) is 4.62. The van der Waals surface area contributed by atoms with Crippen LogP contribution in [0.25, 0.3) is 0 Å². The van der Waals surface area contributed by atoms with E-state index in [1.165, 1.54) is 12.1 Å². The maximum absolute atomic E-state index is 10.9. The van der Waals surface area contributed by atoms with E-state index < -0.39 is 23.2 Å². The van der Waals surface area contributed by atoms with Crippen molar-refractivity contribution in [2.45, 2.75) is 0 Å². The van der Waals surface area contributed by atoms with E-state index in [0.717, 1.165) is 18.2 Å². The number of hydrogen-bond donors (Lipinski definition) is 3. The lowest BCUT2D eigenvalue weighted by atomic mass is 10.1. The molecular weight excluding hydrogens is 276 g/mol. The molecule has 0 spiro atoms. The molecule has 1 aromatic carbocycles. The summed E-state index contributed by atoms with van der Waals surface area (Å²) in [4.78, 5) is 21.9. The summed E-state index contributed by atoms with van der Waals surface area (Å²) in [5, 5.41) is 46.4. The van der Waals surface area contributed by atoms with Gasteiger partial charge in [0.25, 0.3) is 0 Å². The van der Waals surface area contributed by atoms with Crippen LogP contribution >= 0.6 is 0 Å². The molecular formula is C13H6N4O4. The number of rotatable bonds is 4. The molecule has 0 saturated heterocycles. The van der Waals surface area contributed by atoms with Crippen LogP contribution in [0, 0.1) is 34.0 Å². The summed E-state index contributed by atoms with van der Waals surface area (Å²) in [6.45, 7) is 0. The van der Waals surface area contributed by atoms with Crippen LogP contribution in [0.4, 0.5) is 5.69 Å². The number of allylic oxidation sites excluding steroid dienone is 2. The Morgan fingerprint density at radius 3 is 1.71 bits per heavy atom. The number of carbonyl (C=O) groups is 2. The average Bonchev–Trinajstić information content (AvgIpc) is 2.46. The zero-order valence-electron chi connectivity index (χ0n) is 10.3. The van der Waals surface area contributed by atoms with Gasteiger partial charge in [-0.2, -0.15) is 15.8 Å². The first-order chi connectivity index (χ1) is 9.92. The predicted octanol–water partition coefficient (Wildman–Crippen LogP) is 1.32. The zero-order valence-corrected chi connectivity index (χ0v) is 10.3. The van der Waals surface area contributed by atoms with E-state index in [1.807, 2.05) is 0 Å². The SMILES string of the molecule is N#CC(C#N)=C(C#N)Nc1cc(C(=O)O)cc(C(=O)O)c1. The van der Waals surface area contributed by atoms with Crippen molar-refractivity contribution < 1.29 is 19.8 Å². The molecule has 0 heterocycles. The fourth-order valence-electron chi connectivity index (χ4n) is 1.37. The minimum atomic E-state index is -1.36. The number of anilines is 1. The van der Waals surface area contributed by atoms with E-state index in [2.05, 4.69) is 5.32 Å². The van der Waals surface area contributed by atoms with Crippen molar-refractivity contribution in [2.24, 2.45) is 0 Å². The Balaban J connectivity index is 3.39. The molecule has 0 aliphatic rings. The minimum absolute atomic E-state index is 0.0353. The number of nitrogens with one attached hydrogen (secondary N) is 1. The third kappa shape index (κ3) is 3.57. The number of nitrogens with zero attached hydrogens (tertiary/aromatic N) is 3. The molecule has 3 N–H and O–H groups in total. The highest BCUT2D eigenvalue weighted by molar-refractivity contribution is 5.95. The van der Waals surface area contributed by atoms with Gasteiger partial charge in [-0.3, -0.25) is 0 Å². The van der Waals surface area contributed by atoms with Gasteiger partial charge in [0.1, 0.15) is 23.9 Å². The molecule has 0 atom stereocenters. The summed E-state index contributed by atoms with van der Waals surface area (Å²) in [5.41, 5.74) is -1.57. The quantitative estimate of drug-likeness (QED) is 0.697. The van der Waals surface area contributed by atoms with Crippen LogP contribution in [0.3, 0.4) is 0 Å². The summed E-state index contributed by atoms with van der Waals surface area (Å²) in [5.74, 6) is -2.71. The largest absolute Gasteiger partial charge is 0.478 e. The van der Waals surface area contributed by atoms with E-state index in [9.17, 15) is 9.59 Å². The molecule has 0 fully saturated rings. The van der Waals surface area contributed by atoms with Crippen LogP contribution in [-0.2, 0) is 0 Å². The lowest BCUT2D eigenvalue weighted by Crippen LogP contribution is -2.06. The molecule has 0 amide bonds. The summed E-state index contributed by atoms with van der Waals surface area (Å²) in [7, 11) is 0. The Morgan fingerprint density at radius 2 is 1.38 bits per heavy atom. The van der Waals surface area contributed by atoms with Gasteiger partial charge in [-0.1, -0.05) is 0 Å². The maximum atomic E-state index is 10.9. The highest BCUT2D eigenvalue weighted by Crippen LogP contribution is 2.18. The maximum Gasteiger partial charge on any atom is 0.335 e. The van der Waals surface area contributed by atoms with E-state index in [1.54, 1.807) is 6.07 Å². The van der Waals surface area contributed by atoms with Gasteiger partial charge in [0.15, 0.2) is 5.57 Å². The fraction of sp³-hybridized carbons (Fsp3) is 0. The Bertz CT molecular complexity index is 727. The highest BCUT2D eigenvalue weighted by Gasteiger charge is 2.13. The van der Waals surface area contributed by atoms with Crippen molar-refractivity contribution in [2.75, 3.05) is 5.32 Å². The van der Waals surface area contributed by atoms with Crippen molar-refractivity contribution >= 4 is 17.6 Å². The number of carboxylic acid groups (broad SMARTS) is 2. The summed E-state index contributed by atoms with van der Waals surface area (Å²) in [6.07, 6.45) is 0. The lowest BCUT2D eigenvalue weighted by Gasteiger charge is -2.07. The van der Waals surface area contributed by atoms with Gasteiger partial charge in [0, 0.05) is 5.69 Å². The molecule has 0 aliphatic heterocycles. The van der Waals surface area contributed by atoms with Crippen LogP contribution in [0.15, 0.2) is 29.5 Å². The minimum Gasteiger partial charge on any atom is -0.478 e. The first kappa shape index (κ1) is 15.2. The smallest absolute Gasteiger partial charge is 0.335 e. The topological polar surface area (TPSA) is 158 Å². The van der Waals surface area contributed by atoms with Crippen molar-refractivity contribution in [3.8, 4) is 18.2 Å². The van der Waals surface area contributed by atoms with Gasteiger partial charge in [-0.05, 0) is 18.2 Å². The first-order valence-electron chi connectivity index (χ1n) is 5.26. The van der Waals surface area contributed by atoms with Gasteiger partial charge in [-0.15, -0.1) is 0 Å². The first-order valence-corrected chi connectivity index (χ1v) is 5.26. The third-order valence-electron chi connectivity index (χ3n) is 2.28. The number of carboxylic acids is 2. The molecule has 1 rings (SSSR count). The van der Waals surface area contributed by atoms with Crippen LogP contribution in [-0.4, -0.2) is 22.2 Å². The van der Waals surface area contributed by atoms with Gasteiger partial charge < -0.3 is 15.5 Å². The summed E-state index contributed by atoms with van der Waals surface area (Å²) < 4.78 is 0. The second-order valence-electron chi connectivity index (χ2n) is 3.62. The lowest BCUT2D eigenvalue weighted by molar-refractivity contribution is 0.0696. The van der Waals surface area contributed by atoms with Crippen molar-refractivity contribution in [1.29, 1.82) is 15.8 Å². The molecule has 21 heavy (non-hydrogen) atoms. The standard InChI is InChI=1S/C13H6N4O4/c14-4-9(5-15)11(6-16)17-10-2-7(12(18)19)1-8(3-10)13(20)21/h1-3,17H,(H,18,19)(H,20,21).